The van der Waals surface area contributed by atoms with Gasteiger partial charge in [-0.05, 0) is 39.8 Å². The lowest BCUT2D eigenvalue weighted by atomic mass is 10.1. The molecule has 1 aliphatic heterocycles. The summed E-state index contributed by atoms with van der Waals surface area (Å²) in [6.45, 7) is 5.20. The van der Waals surface area contributed by atoms with E-state index in [1.165, 1.54) is 0 Å². The first-order valence-electron chi connectivity index (χ1n) is 6.67. The van der Waals surface area contributed by atoms with E-state index < -0.39 is 0 Å². The van der Waals surface area contributed by atoms with Crippen molar-refractivity contribution < 1.29 is 14.3 Å². The number of esters is 1. The van der Waals surface area contributed by atoms with Gasteiger partial charge in [-0.3, -0.25) is 4.79 Å². The highest BCUT2D eigenvalue weighted by Gasteiger charge is 2.19. The second kappa shape index (κ2) is 8.48. The smallest absolute Gasteiger partial charge is 0.305 e. The number of unbranched alkanes of at least 4 members (excludes halogenated alkanes) is 2. The van der Waals surface area contributed by atoms with Gasteiger partial charge in [0.15, 0.2) is 0 Å². The Hall–Kier alpha value is -0.610. The molecule has 1 rings (SSSR count). The highest BCUT2D eigenvalue weighted by Crippen LogP contribution is 2.11. The number of carbonyl (C=O) groups is 1. The van der Waals surface area contributed by atoms with E-state index in [2.05, 4.69) is 11.9 Å². The molecule has 0 N–H and O–H groups in total. The SMILES string of the molecule is CCOC(=O)CCCCCN(C)C1CCOC1. The van der Waals surface area contributed by atoms with Crippen molar-refractivity contribution in [2.24, 2.45) is 0 Å². The molecule has 1 heterocycles. The average Bonchev–Trinajstić information content (AvgIpc) is 2.82. The number of likely N-dealkylation sites (N-methyl/N-ethyl adjacent to an activating group) is 1. The fraction of sp³-hybridized carbons (Fsp3) is 0.923. The lowest BCUT2D eigenvalue weighted by Crippen LogP contribution is -2.32. The third kappa shape index (κ3) is 6.03. The van der Waals surface area contributed by atoms with Crippen LogP contribution in [-0.4, -0.2) is 50.3 Å². The van der Waals surface area contributed by atoms with E-state index in [1.54, 1.807) is 0 Å². The van der Waals surface area contributed by atoms with Crippen LogP contribution in [0.25, 0.3) is 0 Å². The van der Waals surface area contributed by atoms with Crippen molar-refractivity contribution in [1.82, 2.24) is 4.90 Å². The first-order chi connectivity index (χ1) is 8.24. The summed E-state index contributed by atoms with van der Waals surface area (Å²) in [7, 11) is 2.16. The first-order valence-corrected chi connectivity index (χ1v) is 6.67. The molecular formula is C13H25NO3. The number of hydrogen-bond donors (Lipinski definition) is 0. The molecule has 4 nitrogen and oxygen atoms in total. The summed E-state index contributed by atoms with van der Waals surface area (Å²) in [6.07, 6.45) is 4.89. The van der Waals surface area contributed by atoms with E-state index in [9.17, 15) is 4.79 Å². The number of hydrogen-bond acceptors (Lipinski definition) is 4. The summed E-state index contributed by atoms with van der Waals surface area (Å²) < 4.78 is 10.2. The van der Waals surface area contributed by atoms with E-state index in [1.807, 2.05) is 6.92 Å². The second-order valence-electron chi connectivity index (χ2n) is 4.61. The van der Waals surface area contributed by atoms with E-state index in [0.29, 0.717) is 19.1 Å². The Balaban J connectivity index is 1.94. The van der Waals surface area contributed by atoms with Gasteiger partial charge >= 0.3 is 5.97 Å². The molecule has 1 unspecified atom stereocenters. The fourth-order valence-corrected chi connectivity index (χ4v) is 2.09. The van der Waals surface area contributed by atoms with Crippen LogP contribution in [0.5, 0.6) is 0 Å². The predicted molar refractivity (Wildman–Crippen MR) is 67.0 cm³/mol. The van der Waals surface area contributed by atoms with Crippen molar-refractivity contribution in [3.8, 4) is 0 Å². The predicted octanol–water partition coefficient (Wildman–Crippen LogP) is 1.83. The summed E-state index contributed by atoms with van der Waals surface area (Å²) in [5.41, 5.74) is 0. The molecule has 0 spiro atoms. The molecule has 1 atom stereocenters. The molecule has 0 radical (unpaired) electrons. The number of rotatable bonds is 8. The first kappa shape index (κ1) is 14.5. The largest absolute Gasteiger partial charge is 0.466 e. The van der Waals surface area contributed by atoms with Crippen LogP contribution in [0.3, 0.4) is 0 Å². The molecule has 1 aliphatic rings. The van der Waals surface area contributed by atoms with Crippen molar-refractivity contribution in [3.63, 3.8) is 0 Å². The van der Waals surface area contributed by atoms with Gasteiger partial charge in [-0.1, -0.05) is 6.42 Å². The van der Waals surface area contributed by atoms with Crippen LogP contribution in [0.1, 0.15) is 39.0 Å². The molecule has 0 aromatic rings. The van der Waals surface area contributed by atoms with Crippen LogP contribution in [0, 0.1) is 0 Å². The molecule has 0 aliphatic carbocycles. The molecule has 17 heavy (non-hydrogen) atoms. The maximum atomic E-state index is 11.1. The summed E-state index contributed by atoms with van der Waals surface area (Å²) in [5.74, 6) is -0.0648. The minimum absolute atomic E-state index is 0.0648. The zero-order chi connectivity index (χ0) is 12.5. The molecule has 0 amide bonds. The highest BCUT2D eigenvalue weighted by molar-refractivity contribution is 5.69. The second-order valence-corrected chi connectivity index (χ2v) is 4.61. The highest BCUT2D eigenvalue weighted by atomic mass is 16.5. The van der Waals surface area contributed by atoms with Gasteiger partial charge in [-0.15, -0.1) is 0 Å². The lowest BCUT2D eigenvalue weighted by molar-refractivity contribution is -0.143. The molecule has 1 saturated heterocycles. The van der Waals surface area contributed by atoms with Gasteiger partial charge in [0.25, 0.3) is 0 Å². The van der Waals surface area contributed by atoms with E-state index >= 15 is 0 Å². The van der Waals surface area contributed by atoms with Crippen LogP contribution in [-0.2, 0) is 14.3 Å². The number of carbonyl (C=O) groups excluding carboxylic acids is 1. The summed E-state index contributed by atoms with van der Waals surface area (Å²) in [5, 5.41) is 0. The fourth-order valence-electron chi connectivity index (χ4n) is 2.09. The van der Waals surface area contributed by atoms with Gasteiger partial charge in [0.05, 0.1) is 13.2 Å². The lowest BCUT2D eigenvalue weighted by Gasteiger charge is -2.22. The summed E-state index contributed by atoms with van der Waals surface area (Å²) >= 11 is 0. The zero-order valence-corrected chi connectivity index (χ0v) is 11.1. The molecule has 0 aromatic heterocycles. The van der Waals surface area contributed by atoms with Gasteiger partial charge in [0.1, 0.15) is 0 Å². The van der Waals surface area contributed by atoms with Gasteiger partial charge in [0.2, 0.25) is 0 Å². The van der Waals surface area contributed by atoms with Crippen molar-refractivity contribution in [3.05, 3.63) is 0 Å². The monoisotopic (exact) mass is 243 g/mol. The Bertz CT molecular complexity index is 215. The molecule has 0 aromatic carbocycles. The van der Waals surface area contributed by atoms with E-state index in [4.69, 9.17) is 9.47 Å². The maximum absolute atomic E-state index is 11.1. The van der Waals surface area contributed by atoms with Gasteiger partial charge in [-0.25, -0.2) is 0 Å². The van der Waals surface area contributed by atoms with Crippen LogP contribution >= 0.6 is 0 Å². The summed E-state index contributed by atoms with van der Waals surface area (Å²) in [6, 6.07) is 0.597. The van der Waals surface area contributed by atoms with Gasteiger partial charge in [-0.2, -0.15) is 0 Å². The standard InChI is InChI=1S/C13H25NO3/c1-3-17-13(15)7-5-4-6-9-14(2)12-8-10-16-11-12/h12H,3-11H2,1-2H3. The molecule has 0 saturated carbocycles. The Labute approximate surface area is 104 Å². The normalized spacial score (nSPS) is 19.8. The van der Waals surface area contributed by atoms with Gasteiger partial charge in [0, 0.05) is 19.1 Å². The third-order valence-electron chi connectivity index (χ3n) is 3.23. The van der Waals surface area contributed by atoms with Crippen LogP contribution in [0.15, 0.2) is 0 Å². The van der Waals surface area contributed by atoms with Crippen LogP contribution < -0.4 is 0 Å². The number of nitrogens with zero attached hydrogens (tertiary/aromatic N) is 1. The minimum atomic E-state index is -0.0648. The Morgan fingerprint density at radius 3 is 2.88 bits per heavy atom. The summed E-state index contributed by atoms with van der Waals surface area (Å²) in [4.78, 5) is 13.5. The van der Waals surface area contributed by atoms with E-state index in [0.717, 1.165) is 45.4 Å². The van der Waals surface area contributed by atoms with Crippen LogP contribution in [0.2, 0.25) is 0 Å². The van der Waals surface area contributed by atoms with Crippen molar-refractivity contribution in [2.45, 2.75) is 45.1 Å². The maximum Gasteiger partial charge on any atom is 0.305 e. The Morgan fingerprint density at radius 2 is 2.24 bits per heavy atom. The van der Waals surface area contributed by atoms with Crippen LogP contribution in [0.4, 0.5) is 0 Å². The average molecular weight is 243 g/mol. The molecule has 1 fully saturated rings. The minimum Gasteiger partial charge on any atom is -0.466 e. The topological polar surface area (TPSA) is 38.8 Å². The van der Waals surface area contributed by atoms with Gasteiger partial charge < -0.3 is 14.4 Å². The Morgan fingerprint density at radius 1 is 1.41 bits per heavy atom. The van der Waals surface area contributed by atoms with Crippen molar-refractivity contribution in [2.75, 3.05) is 33.4 Å². The Kier molecular flexibility index (Phi) is 7.21. The molecule has 100 valence electrons. The molecule has 4 heteroatoms. The third-order valence-corrected chi connectivity index (χ3v) is 3.23. The number of ether oxygens (including phenoxy) is 2. The van der Waals surface area contributed by atoms with Crippen molar-refractivity contribution >= 4 is 5.97 Å². The van der Waals surface area contributed by atoms with Crippen molar-refractivity contribution in [1.29, 1.82) is 0 Å². The quantitative estimate of drug-likeness (QED) is 0.481. The zero-order valence-electron chi connectivity index (χ0n) is 11.1. The van der Waals surface area contributed by atoms with E-state index in [-0.39, 0.29) is 5.97 Å². The molecule has 0 bridgehead atoms. The molecular weight excluding hydrogens is 218 g/mol.